The number of rotatable bonds is 5. The van der Waals surface area contributed by atoms with Crippen LogP contribution in [-0.2, 0) is 16.1 Å². The summed E-state index contributed by atoms with van der Waals surface area (Å²) < 4.78 is 27.3. The fraction of sp³-hybridized carbons (Fsp3) is 0.333. The Hall–Kier alpha value is -2.93. The van der Waals surface area contributed by atoms with Crippen molar-refractivity contribution in [2.45, 2.75) is 38.8 Å². The second-order valence-electron chi connectivity index (χ2n) is 6.97. The number of halogens is 1. The Morgan fingerprint density at radius 3 is 3.00 bits per heavy atom. The molecule has 1 amide bonds. The second-order valence-corrected chi connectivity index (χ2v) is 6.97. The molecule has 6 nitrogen and oxygen atoms in total. The van der Waals surface area contributed by atoms with Gasteiger partial charge in [0.2, 0.25) is 5.91 Å². The van der Waals surface area contributed by atoms with E-state index in [-0.39, 0.29) is 24.2 Å². The van der Waals surface area contributed by atoms with Gasteiger partial charge in [0, 0.05) is 19.0 Å². The van der Waals surface area contributed by atoms with Gasteiger partial charge in [-0.2, -0.15) is 0 Å². The molecular formula is C21H22FN3O3. The van der Waals surface area contributed by atoms with Gasteiger partial charge in [-0.1, -0.05) is 6.07 Å². The summed E-state index contributed by atoms with van der Waals surface area (Å²) in [5.41, 5.74) is 0.954. The number of carbonyl (C=O) groups excluding carboxylic acids is 1. The second kappa shape index (κ2) is 7.98. The summed E-state index contributed by atoms with van der Waals surface area (Å²) in [7, 11) is 0. The van der Waals surface area contributed by atoms with Gasteiger partial charge in [0.15, 0.2) is 11.6 Å². The van der Waals surface area contributed by atoms with Crippen molar-refractivity contribution in [3.05, 3.63) is 59.9 Å². The number of hydrogen-bond donors (Lipinski definition) is 1. The molecule has 2 aromatic heterocycles. The molecule has 0 aliphatic carbocycles. The number of anilines is 1. The van der Waals surface area contributed by atoms with Crippen LogP contribution in [0.25, 0.3) is 11.6 Å². The monoisotopic (exact) mass is 383 g/mol. The Morgan fingerprint density at radius 1 is 1.32 bits per heavy atom. The average molecular weight is 383 g/mol. The molecule has 1 saturated heterocycles. The van der Waals surface area contributed by atoms with Gasteiger partial charge in [-0.05, 0) is 56.0 Å². The average Bonchev–Trinajstić information content (AvgIpc) is 3.34. The molecule has 1 aliphatic rings. The summed E-state index contributed by atoms with van der Waals surface area (Å²) in [4.78, 5) is 16.7. The van der Waals surface area contributed by atoms with E-state index in [0.717, 1.165) is 37.2 Å². The number of aromatic nitrogens is 2. The van der Waals surface area contributed by atoms with Crippen LogP contribution in [0.15, 0.2) is 47.1 Å². The summed E-state index contributed by atoms with van der Waals surface area (Å²) in [6.07, 6.45) is 6.40. The molecular weight excluding hydrogens is 361 g/mol. The van der Waals surface area contributed by atoms with Crippen LogP contribution in [0.5, 0.6) is 0 Å². The third-order valence-electron chi connectivity index (χ3n) is 4.77. The lowest BCUT2D eigenvalue weighted by Crippen LogP contribution is -2.19. The van der Waals surface area contributed by atoms with Crippen LogP contribution < -0.4 is 5.32 Å². The molecule has 1 N–H and O–H groups in total. The quantitative estimate of drug-likeness (QED) is 0.706. The molecule has 3 heterocycles. The highest BCUT2D eigenvalue weighted by atomic mass is 19.1. The first kappa shape index (κ1) is 18.4. The molecule has 3 aromatic rings. The molecule has 28 heavy (non-hydrogen) atoms. The topological polar surface area (TPSA) is 69.3 Å². The normalized spacial score (nSPS) is 16.9. The maximum Gasteiger partial charge on any atom is 0.244 e. The van der Waals surface area contributed by atoms with Crippen molar-refractivity contribution in [1.29, 1.82) is 0 Å². The third-order valence-corrected chi connectivity index (χ3v) is 4.77. The number of nitrogens with one attached hydrogen (secondary N) is 1. The summed E-state index contributed by atoms with van der Waals surface area (Å²) in [5.74, 6) is 1.09. The Morgan fingerprint density at radius 2 is 2.21 bits per heavy atom. The zero-order valence-electron chi connectivity index (χ0n) is 15.7. The van der Waals surface area contributed by atoms with Crippen molar-refractivity contribution in [1.82, 2.24) is 9.55 Å². The lowest BCUT2D eigenvalue weighted by Gasteiger charge is -2.20. The van der Waals surface area contributed by atoms with E-state index in [0.29, 0.717) is 11.6 Å². The fourth-order valence-electron chi connectivity index (χ4n) is 3.34. The minimum Gasteiger partial charge on any atom is -0.455 e. The Labute approximate surface area is 162 Å². The van der Waals surface area contributed by atoms with E-state index >= 15 is 0 Å². The van der Waals surface area contributed by atoms with Gasteiger partial charge in [0.05, 0.1) is 5.69 Å². The zero-order chi connectivity index (χ0) is 19.5. The molecule has 4 rings (SSSR count). The number of hydrogen-bond acceptors (Lipinski definition) is 4. The lowest BCUT2D eigenvalue weighted by molar-refractivity contribution is -0.116. The van der Waals surface area contributed by atoms with Crippen molar-refractivity contribution < 1.29 is 18.3 Å². The SMILES string of the molecule is Cc1ccc(NC(=O)Cn2ccnc2-c2ccc([C@H]3CCCCO3)o2)c(F)c1. The first-order valence-electron chi connectivity index (χ1n) is 9.39. The predicted molar refractivity (Wildman–Crippen MR) is 102 cm³/mol. The minimum atomic E-state index is -0.456. The number of nitrogens with zero attached hydrogens (tertiary/aromatic N) is 2. The van der Waals surface area contributed by atoms with Crippen LogP contribution in [0.4, 0.5) is 10.1 Å². The Balaban J connectivity index is 1.47. The van der Waals surface area contributed by atoms with Crippen LogP contribution in [0.2, 0.25) is 0 Å². The van der Waals surface area contributed by atoms with Gasteiger partial charge in [0.1, 0.15) is 24.2 Å². The highest BCUT2D eigenvalue weighted by Crippen LogP contribution is 2.31. The van der Waals surface area contributed by atoms with Crippen molar-refractivity contribution in [3.8, 4) is 11.6 Å². The Bertz CT molecular complexity index is 973. The largest absolute Gasteiger partial charge is 0.455 e. The van der Waals surface area contributed by atoms with Gasteiger partial charge in [-0.3, -0.25) is 4.79 Å². The van der Waals surface area contributed by atoms with Gasteiger partial charge >= 0.3 is 0 Å². The molecule has 1 aromatic carbocycles. The number of aryl methyl sites for hydroxylation is 1. The van der Waals surface area contributed by atoms with Gasteiger partial charge in [-0.15, -0.1) is 0 Å². The van der Waals surface area contributed by atoms with Gasteiger partial charge < -0.3 is 19.0 Å². The van der Waals surface area contributed by atoms with E-state index in [4.69, 9.17) is 9.15 Å². The van der Waals surface area contributed by atoms with Crippen molar-refractivity contribution in [2.24, 2.45) is 0 Å². The zero-order valence-corrected chi connectivity index (χ0v) is 15.7. The van der Waals surface area contributed by atoms with Crippen LogP contribution in [0.1, 0.15) is 36.7 Å². The minimum absolute atomic E-state index is 0.00138. The maximum absolute atomic E-state index is 14.0. The van der Waals surface area contributed by atoms with Crippen molar-refractivity contribution in [3.63, 3.8) is 0 Å². The molecule has 1 aliphatic heterocycles. The number of amides is 1. The summed E-state index contributed by atoms with van der Waals surface area (Å²) in [5, 5.41) is 2.60. The number of imidazole rings is 1. The van der Waals surface area contributed by atoms with Gasteiger partial charge in [-0.25, -0.2) is 9.37 Å². The number of furan rings is 1. The smallest absolute Gasteiger partial charge is 0.244 e. The lowest BCUT2D eigenvalue weighted by atomic mass is 10.1. The molecule has 0 unspecified atom stereocenters. The molecule has 0 saturated carbocycles. The molecule has 0 bridgehead atoms. The molecule has 1 fully saturated rings. The van der Waals surface area contributed by atoms with Crippen LogP contribution in [0, 0.1) is 12.7 Å². The maximum atomic E-state index is 14.0. The molecule has 1 atom stereocenters. The van der Waals surface area contributed by atoms with E-state index in [1.54, 1.807) is 36.0 Å². The molecule has 7 heteroatoms. The fourth-order valence-corrected chi connectivity index (χ4v) is 3.34. The van der Waals surface area contributed by atoms with Crippen molar-refractivity contribution >= 4 is 11.6 Å². The third kappa shape index (κ3) is 3.99. The van der Waals surface area contributed by atoms with E-state index in [9.17, 15) is 9.18 Å². The number of benzene rings is 1. The predicted octanol–water partition coefficient (Wildman–Crippen LogP) is 4.47. The van der Waals surface area contributed by atoms with E-state index in [1.165, 1.54) is 6.07 Å². The number of carbonyl (C=O) groups is 1. The summed E-state index contributed by atoms with van der Waals surface area (Å²) in [6, 6.07) is 8.42. The molecule has 146 valence electrons. The van der Waals surface area contributed by atoms with E-state index in [1.807, 2.05) is 12.1 Å². The molecule has 0 radical (unpaired) electrons. The Kier molecular flexibility index (Phi) is 5.25. The summed E-state index contributed by atoms with van der Waals surface area (Å²) in [6.45, 7) is 2.53. The first-order valence-corrected chi connectivity index (χ1v) is 9.39. The standard InChI is InChI=1S/C21H22FN3O3/c1-14-5-6-16(15(22)12-14)24-20(26)13-25-10-9-23-21(25)19-8-7-18(28-19)17-4-2-3-11-27-17/h5-10,12,17H,2-4,11,13H2,1H3,(H,24,26)/t17-/m1/s1. The highest BCUT2D eigenvalue weighted by molar-refractivity contribution is 5.91. The molecule has 0 spiro atoms. The summed E-state index contributed by atoms with van der Waals surface area (Å²) >= 11 is 0. The van der Waals surface area contributed by atoms with Crippen molar-refractivity contribution in [2.75, 3.05) is 11.9 Å². The first-order chi connectivity index (χ1) is 13.6. The number of ether oxygens (including phenoxy) is 1. The highest BCUT2D eigenvalue weighted by Gasteiger charge is 2.21. The van der Waals surface area contributed by atoms with Crippen LogP contribution >= 0.6 is 0 Å². The van der Waals surface area contributed by atoms with E-state index in [2.05, 4.69) is 10.3 Å². The van der Waals surface area contributed by atoms with Crippen LogP contribution in [0.3, 0.4) is 0 Å². The van der Waals surface area contributed by atoms with Gasteiger partial charge in [0.25, 0.3) is 0 Å². The van der Waals surface area contributed by atoms with Crippen LogP contribution in [-0.4, -0.2) is 22.1 Å². The van der Waals surface area contributed by atoms with E-state index < -0.39 is 5.82 Å².